The van der Waals surface area contributed by atoms with E-state index < -0.39 is 0 Å². The fourth-order valence-corrected chi connectivity index (χ4v) is 14.7. The molecule has 0 unspecified atom stereocenters. The number of hydrogen-bond acceptors (Lipinski definition) is 6. The molecule has 85 heavy (non-hydrogen) atoms. The van der Waals surface area contributed by atoms with E-state index in [0.717, 1.165) is 102 Å². The number of benzene rings is 12. The van der Waals surface area contributed by atoms with Crippen LogP contribution in [0.25, 0.3) is 5.70 Å². The van der Waals surface area contributed by atoms with Gasteiger partial charge in [0.05, 0.1) is 11.4 Å². The Morgan fingerprint density at radius 3 is 1.24 bits per heavy atom. The second-order valence-corrected chi connectivity index (χ2v) is 23.2. The average molecular weight is 1090 g/mol. The molecule has 17 rings (SSSR count). The Balaban J connectivity index is 1.00. The molecule has 0 radical (unpaired) electrons. The van der Waals surface area contributed by atoms with Gasteiger partial charge in [-0.05, 0) is 148 Å². The van der Waals surface area contributed by atoms with Crippen LogP contribution in [-0.4, -0.2) is 13.4 Å². The van der Waals surface area contributed by atoms with Gasteiger partial charge < -0.3 is 29.2 Å². The van der Waals surface area contributed by atoms with Gasteiger partial charge in [0.15, 0.2) is 0 Å². The molecule has 4 heterocycles. The van der Waals surface area contributed by atoms with Crippen LogP contribution in [0.3, 0.4) is 0 Å². The van der Waals surface area contributed by atoms with Crippen molar-refractivity contribution in [2.24, 2.45) is 0 Å². The lowest BCUT2D eigenvalue weighted by molar-refractivity contribution is 0.487. The molecule has 0 saturated carbocycles. The van der Waals surface area contributed by atoms with Crippen LogP contribution in [0.1, 0.15) is 25.0 Å². The molecular formula is C77H55B2N5O. The molecule has 0 spiro atoms. The molecule has 0 amide bonds. The molecular weight excluding hydrogens is 1030 g/mol. The summed E-state index contributed by atoms with van der Waals surface area (Å²) >= 11 is 0. The van der Waals surface area contributed by atoms with Crippen molar-refractivity contribution in [3.05, 3.63) is 314 Å². The van der Waals surface area contributed by atoms with Crippen molar-refractivity contribution in [2.75, 3.05) is 24.5 Å². The van der Waals surface area contributed by atoms with E-state index in [1.807, 2.05) is 0 Å². The molecule has 0 aromatic heterocycles. The topological polar surface area (TPSA) is 25.4 Å². The fraction of sp³-hybridized carbons (Fsp3) is 0.0390. The third-order valence-electron chi connectivity index (χ3n) is 18.2. The van der Waals surface area contributed by atoms with Crippen LogP contribution in [0.5, 0.6) is 11.5 Å². The van der Waals surface area contributed by atoms with Crippen LogP contribution < -0.4 is 56.6 Å². The van der Waals surface area contributed by atoms with E-state index in [1.54, 1.807) is 0 Å². The van der Waals surface area contributed by atoms with Gasteiger partial charge in [-0.2, -0.15) is 0 Å². The Morgan fingerprint density at radius 2 is 0.718 bits per heavy atom. The summed E-state index contributed by atoms with van der Waals surface area (Å²) < 4.78 is 7.28. The zero-order valence-electron chi connectivity index (χ0n) is 47.1. The second-order valence-electron chi connectivity index (χ2n) is 23.2. The van der Waals surface area contributed by atoms with E-state index in [4.69, 9.17) is 4.74 Å². The van der Waals surface area contributed by atoms with E-state index in [9.17, 15) is 0 Å². The van der Waals surface area contributed by atoms with Gasteiger partial charge >= 0.3 is 0 Å². The third-order valence-corrected chi connectivity index (χ3v) is 18.2. The quantitative estimate of drug-likeness (QED) is 0.134. The zero-order valence-corrected chi connectivity index (χ0v) is 47.1. The van der Waals surface area contributed by atoms with Gasteiger partial charge in [0.2, 0.25) is 6.71 Å². The smallest absolute Gasteiger partial charge is 0.256 e. The van der Waals surface area contributed by atoms with Crippen molar-refractivity contribution >= 4 is 126 Å². The Hall–Kier alpha value is -10.7. The minimum atomic E-state index is -0.375. The maximum Gasteiger partial charge on any atom is 0.256 e. The van der Waals surface area contributed by atoms with Gasteiger partial charge in [-0.3, -0.25) is 0 Å². The highest BCUT2D eigenvalue weighted by molar-refractivity contribution is 7.01. The van der Waals surface area contributed by atoms with Crippen molar-refractivity contribution in [2.45, 2.75) is 19.3 Å². The monoisotopic (exact) mass is 1090 g/mol. The lowest BCUT2D eigenvalue weighted by Gasteiger charge is -2.48. The molecule has 4 aliphatic heterocycles. The number of allylic oxidation sites excluding steroid dienone is 1. The number of anilines is 14. The van der Waals surface area contributed by atoms with Gasteiger partial charge in [-0.25, -0.2) is 0 Å². The van der Waals surface area contributed by atoms with Crippen molar-refractivity contribution < 1.29 is 4.74 Å². The van der Waals surface area contributed by atoms with Crippen molar-refractivity contribution in [1.29, 1.82) is 0 Å². The number of hydrogen-bond donors (Lipinski definition) is 0. The lowest BCUT2D eigenvalue weighted by atomic mass is 9.28. The molecule has 0 atom stereocenters. The molecule has 8 heteroatoms. The Bertz CT molecular complexity index is 4550. The standard InChI is InChI=1S/C77H55B2N5O/c1-77(2)62-43-25-24-42-61(62)75-76(77)79-65-50-64-66(83(57-38-20-8-21-39-57)70-48-60(49-72-74(70)78(64)63-44-26-27-45-71(63)85-72)81(54-32-14-5-15-33-54)55-34-16-6-17-35-55)51-67(65)82(56-36-18-7-19-37-56)68-46-59(47-69(73(68)79)84(75)58-40-22-9-23-41-58)80(52-28-10-3-11-29-52)53-30-12-4-13-31-53/h3-51H,1-2H3. The number of rotatable bonds is 9. The number of ether oxygens (including phenoxy) is 1. The Labute approximate surface area is 497 Å². The highest BCUT2D eigenvalue weighted by Crippen LogP contribution is 2.58. The maximum atomic E-state index is 7.28. The van der Waals surface area contributed by atoms with E-state index in [-0.39, 0.29) is 18.8 Å². The first-order valence-corrected chi connectivity index (χ1v) is 29.5. The van der Waals surface area contributed by atoms with Gasteiger partial charge in [-0.15, -0.1) is 0 Å². The van der Waals surface area contributed by atoms with E-state index in [2.05, 4.69) is 336 Å². The van der Waals surface area contributed by atoms with Crippen molar-refractivity contribution in [1.82, 2.24) is 0 Å². The molecule has 6 nitrogen and oxygen atoms in total. The highest BCUT2D eigenvalue weighted by Gasteiger charge is 2.54. The first kappa shape index (κ1) is 49.0. The summed E-state index contributed by atoms with van der Waals surface area (Å²) in [4.78, 5) is 12.5. The van der Waals surface area contributed by atoms with E-state index >= 15 is 0 Å². The summed E-state index contributed by atoms with van der Waals surface area (Å²) in [6.45, 7) is 4.60. The summed E-state index contributed by atoms with van der Waals surface area (Å²) in [5.74, 6) is 1.71. The fourth-order valence-electron chi connectivity index (χ4n) is 14.7. The largest absolute Gasteiger partial charge is 0.458 e. The van der Waals surface area contributed by atoms with E-state index in [1.165, 1.54) is 38.7 Å². The van der Waals surface area contributed by atoms with Gasteiger partial charge in [-0.1, -0.05) is 195 Å². The first-order chi connectivity index (χ1) is 42.0. The number of fused-ring (bicyclic) bond motifs is 9. The molecule has 0 fully saturated rings. The van der Waals surface area contributed by atoms with Gasteiger partial charge in [0, 0.05) is 91.0 Å². The minimum absolute atomic E-state index is 0.160. The Kier molecular flexibility index (Phi) is 11.1. The van der Waals surface area contributed by atoms with Gasteiger partial charge in [0.1, 0.15) is 11.5 Å². The van der Waals surface area contributed by atoms with Gasteiger partial charge in [0.25, 0.3) is 6.71 Å². The predicted molar refractivity (Wildman–Crippen MR) is 356 cm³/mol. The SMILES string of the molecule is CC1(C)C2=C(c3ccccc31)N(c1ccccc1)c1cc(N(c3ccccc3)c3ccccc3)cc3c1B2c1cc2c(cc1N3c1ccccc1)N(c1ccccc1)c1cc(N(c3ccccc3)c3ccccc3)cc3c1B2c1ccccc1O3. The number of para-hydroxylation sites is 8. The van der Waals surface area contributed by atoms with Crippen LogP contribution in [0.15, 0.2) is 303 Å². The summed E-state index contributed by atoms with van der Waals surface area (Å²) in [6, 6.07) is 109. The summed E-state index contributed by atoms with van der Waals surface area (Å²) in [5.41, 5.74) is 26.2. The van der Waals surface area contributed by atoms with Crippen molar-refractivity contribution in [3.63, 3.8) is 0 Å². The molecule has 0 bridgehead atoms. The molecule has 0 saturated heterocycles. The molecule has 12 aromatic rings. The molecule has 5 aliphatic rings. The van der Waals surface area contributed by atoms with Crippen molar-refractivity contribution in [3.8, 4) is 11.5 Å². The summed E-state index contributed by atoms with van der Waals surface area (Å²) in [7, 11) is 0. The molecule has 1 aliphatic carbocycles. The Morgan fingerprint density at radius 1 is 0.318 bits per heavy atom. The normalized spacial score (nSPS) is 14.3. The summed E-state index contributed by atoms with van der Waals surface area (Å²) in [5, 5.41) is 0. The second kappa shape index (κ2) is 19.2. The van der Waals surface area contributed by atoms with Crippen LogP contribution >= 0.6 is 0 Å². The van der Waals surface area contributed by atoms with Crippen LogP contribution in [0.2, 0.25) is 0 Å². The average Bonchev–Trinajstić information content (AvgIpc) is 1.75. The minimum Gasteiger partial charge on any atom is -0.458 e. The van der Waals surface area contributed by atoms with Crippen LogP contribution in [0.4, 0.5) is 79.6 Å². The molecule has 400 valence electrons. The third kappa shape index (κ3) is 7.48. The zero-order chi connectivity index (χ0) is 56.3. The molecule has 12 aromatic carbocycles. The number of nitrogens with zero attached hydrogens (tertiary/aromatic N) is 5. The lowest BCUT2D eigenvalue weighted by Crippen LogP contribution is -2.63. The molecule has 0 N–H and O–H groups in total. The highest BCUT2D eigenvalue weighted by atomic mass is 16.5. The van der Waals surface area contributed by atoms with E-state index in [0.29, 0.717) is 0 Å². The predicted octanol–water partition coefficient (Wildman–Crippen LogP) is 16.8. The summed E-state index contributed by atoms with van der Waals surface area (Å²) in [6.07, 6.45) is 0. The van der Waals surface area contributed by atoms with Crippen LogP contribution in [0, 0.1) is 0 Å². The first-order valence-electron chi connectivity index (χ1n) is 29.5. The van der Waals surface area contributed by atoms with Crippen LogP contribution in [-0.2, 0) is 5.41 Å². The maximum absolute atomic E-state index is 7.28.